The van der Waals surface area contributed by atoms with Gasteiger partial charge >= 0.3 is 0 Å². The number of aliphatic hydroxyl groups is 1. The second-order valence-electron chi connectivity index (χ2n) is 5.03. The third-order valence-electron chi connectivity index (χ3n) is 3.62. The van der Waals surface area contributed by atoms with Crippen LogP contribution in [-0.4, -0.2) is 46.3 Å². The SMILES string of the molecule is O=S(=O)(c1c(F)cccc1F)N1CCC(O)(c2cn[nH]n2)C1. The third-order valence-corrected chi connectivity index (χ3v) is 5.52. The molecule has 0 amide bonds. The molecule has 1 atom stereocenters. The van der Waals surface area contributed by atoms with Gasteiger partial charge in [0.15, 0.2) is 4.90 Å². The zero-order chi connectivity index (χ0) is 16.0. The van der Waals surface area contributed by atoms with Crippen LogP contribution in [0.5, 0.6) is 0 Å². The van der Waals surface area contributed by atoms with Crippen molar-refractivity contribution in [1.29, 1.82) is 0 Å². The van der Waals surface area contributed by atoms with Crippen LogP contribution in [0.2, 0.25) is 0 Å². The standard InChI is InChI=1S/C12H12F2N4O3S/c13-8-2-1-3-9(14)11(8)22(20,21)18-5-4-12(19,7-18)10-6-15-17-16-10/h1-3,6,19H,4-5,7H2,(H,15,16,17). The number of H-pyrrole nitrogens is 1. The van der Waals surface area contributed by atoms with Gasteiger partial charge in [0, 0.05) is 13.1 Å². The van der Waals surface area contributed by atoms with E-state index in [0.29, 0.717) is 0 Å². The smallest absolute Gasteiger partial charge is 0.249 e. The first-order valence-electron chi connectivity index (χ1n) is 6.37. The molecule has 7 nitrogen and oxygen atoms in total. The first-order valence-corrected chi connectivity index (χ1v) is 7.81. The second kappa shape index (κ2) is 5.07. The largest absolute Gasteiger partial charge is 0.382 e. The number of benzene rings is 1. The molecule has 0 saturated carbocycles. The Bertz CT molecular complexity index is 776. The highest BCUT2D eigenvalue weighted by Gasteiger charge is 2.45. The van der Waals surface area contributed by atoms with E-state index in [-0.39, 0.29) is 25.2 Å². The predicted octanol–water partition coefficient (Wildman–Crippen LogP) is 0.365. The molecule has 1 fully saturated rings. The first-order chi connectivity index (χ1) is 10.3. The first kappa shape index (κ1) is 15.0. The Hall–Kier alpha value is -1.91. The molecule has 1 aromatic carbocycles. The molecule has 1 saturated heterocycles. The van der Waals surface area contributed by atoms with E-state index in [1.807, 2.05) is 0 Å². The van der Waals surface area contributed by atoms with Gasteiger partial charge in [-0.25, -0.2) is 17.2 Å². The minimum atomic E-state index is -4.40. The Morgan fingerprint density at radius 1 is 1.32 bits per heavy atom. The lowest BCUT2D eigenvalue weighted by Gasteiger charge is -2.21. The predicted molar refractivity (Wildman–Crippen MR) is 70.0 cm³/mol. The van der Waals surface area contributed by atoms with Crippen molar-refractivity contribution in [3.8, 4) is 0 Å². The molecule has 0 radical (unpaired) electrons. The van der Waals surface area contributed by atoms with Gasteiger partial charge in [-0.1, -0.05) is 6.07 Å². The molecule has 118 valence electrons. The van der Waals surface area contributed by atoms with Crippen LogP contribution in [0.15, 0.2) is 29.3 Å². The Kier molecular flexibility index (Phi) is 3.46. The normalized spacial score (nSPS) is 23.0. The van der Waals surface area contributed by atoms with Crippen LogP contribution in [0.1, 0.15) is 12.1 Å². The highest BCUT2D eigenvalue weighted by atomic mass is 32.2. The number of sulfonamides is 1. The van der Waals surface area contributed by atoms with Gasteiger partial charge in [0.2, 0.25) is 10.0 Å². The van der Waals surface area contributed by atoms with Crippen LogP contribution in [0.3, 0.4) is 0 Å². The molecule has 1 unspecified atom stereocenters. The lowest BCUT2D eigenvalue weighted by Crippen LogP contribution is -2.35. The lowest BCUT2D eigenvalue weighted by molar-refractivity contribution is 0.0484. The van der Waals surface area contributed by atoms with Crippen molar-refractivity contribution < 1.29 is 22.3 Å². The van der Waals surface area contributed by atoms with E-state index in [0.717, 1.165) is 22.5 Å². The summed E-state index contributed by atoms with van der Waals surface area (Å²) in [7, 11) is -4.40. The summed E-state index contributed by atoms with van der Waals surface area (Å²) in [4.78, 5) is -1.01. The van der Waals surface area contributed by atoms with E-state index in [1.165, 1.54) is 6.20 Å². The van der Waals surface area contributed by atoms with Crippen LogP contribution in [0.25, 0.3) is 0 Å². The third kappa shape index (κ3) is 2.28. The Morgan fingerprint density at radius 2 is 2.00 bits per heavy atom. The fourth-order valence-corrected chi connectivity index (χ4v) is 4.06. The molecule has 1 aromatic heterocycles. The molecule has 0 spiro atoms. The van der Waals surface area contributed by atoms with Crippen LogP contribution >= 0.6 is 0 Å². The summed E-state index contributed by atoms with van der Waals surface area (Å²) in [5.41, 5.74) is -1.36. The number of hydrogen-bond donors (Lipinski definition) is 2. The molecule has 22 heavy (non-hydrogen) atoms. The van der Waals surface area contributed by atoms with E-state index < -0.39 is 32.2 Å². The van der Waals surface area contributed by atoms with Gasteiger partial charge in [-0.2, -0.15) is 19.7 Å². The van der Waals surface area contributed by atoms with Crippen molar-refractivity contribution in [2.24, 2.45) is 0 Å². The van der Waals surface area contributed by atoms with Gasteiger partial charge < -0.3 is 5.11 Å². The van der Waals surface area contributed by atoms with Gasteiger partial charge in [0.1, 0.15) is 22.9 Å². The number of halogens is 2. The monoisotopic (exact) mass is 330 g/mol. The van der Waals surface area contributed by atoms with Crippen molar-refractivity contribution in [2.45, 2.75) is 16.9 Å². The molecule has 2 aromatic rings. The number of aromatic amines is 1. The number of β-amino-alcohol motifs (C(OH)–C–C–N with tert-alkyl or cyclic N) is 1. The van der Waals surface area contributed by atoms with E-state index in [1.54, 1.807) is 0 Å². The Labute approximate surface area is 124 Å². The zero-order valence-electron chi connectivity index (χ0n) is 11.2. The molecule has 2 heterocycles. The number of nitrogens with zero attached hydrogens (tertiary/aromatic N) is 3. The summed E-state index contributed by atoms with van der Waals surface area (Å²) in [6.07, 6.45) is 1.33. The van der Waals surface area contributed by atoms with Crippen LogP contribution in [0, 0.1) is 11.6 Å². The number of rotatable bonds is 3. The van der Waals surface area contributed by atoms with Gasteiger partial charge in [-0.15, -0.1) is 0 Å². The summed E-state index contributed by atoms with van der Waals surface area (Å²) in [6.45, 7) is -0.435. The molecular weight excluding hydrogens is 318 g/mol. The maximum absolute atomic E-state index is 13.7. The van der Waals surface area contributed by atoms with Crippen LogP contribution < -0.4 is 0 Å². The number of nitrogens with one attached hydrogen (secondary N) is 1. The second-order valence-corrected chi connectivity index (χ2v) is 6.90. The van der Waals surface area contributed by atoms with Gasteiger partial charge in [-0.3, -0.25) is 0 Å². The zero-order valence-corrected chi connectivity index (χ0v) is 12.0. The van der Waals surface area contributed by atoms with Crippen molar-refractivity contribution >= 4 is 10.0 Å². The average Bonchev–Trinajstić information content (AvgIpc) is 3.08. The number of aromatic nitrogens is 3. The minimum Gasteiger partial charge on any atom is -0.382 e. The van der Waals surface area contributed by atoms with Crippen molar-refractivity contribution in [3.05, 3.63) is 41.7 Å². The van der Waals surface area contributed by atoms with E-state index >= 15 is 0 Å². The van der Waals surface area contributed by atoms with Crippen molar-refractivity contribution in [2.75, 3.05) is 13.1 Å². The number of hydrogen-bond acceptors (Lipinski definition) is 5. The molecular formula is C12H12F2N4O3S. The fourth-order valence-electron chi connectivity index (χ4n) is 2.46. The summed E-state index contributed by atoms with van der Waals surface area (Å²) >= 11 is 0. The lowest BCUT2D eigenvalue weighted by atomic mass is 10.0. The summed E-state index contributed by atoms with van der Waals surface area (Å²) < 4.78 is 53.1. The van der Waals surface area contributed by atoms with Crippen LogP contribution in [0.4, 0.5) is 8.78 Å². The van der Waals surface area contributed by atoms with Crippen molar-refractivity contribution in [3.63, 3.8) is 0 Å². The summed E-state index contributed by atoms with van der Waals surface area (Å²) in [5.74, 6) is -2.34. The topological polar surface area (TPSA) is 99.2 Å². The maximum atomic E-state index is 13.7. The van der Waals surface area contributed by atoms with Crippen LogP contribution in [-0.2, 0) is 15.6 Å². The molecule has 2 N–H and O–H groups in total. The fraction of sp³-hybridized carbons (Fsp3) is 0.333. The highest BCUT2D eigenvalue weighted by molar-refractivity contribution is 7.89. The quantitative estimate of drug-likeness (QED) is 0.847. The van der Waals surface area contributed by atoms with Gasteiger partial charge in [-0.05, 0) is 18.6 Å². The van der Waals surface area contributed by atoms with Gasteiger partial charge in [0.25, 0.3) is 0 Å². The van der Waals surface area contributed by atoms with E-state index in [2.05, 4.69) is 15.4 Å². The molecule has 1 aliphatic rings. The van der Waals surface area contributed by atoms with E-state index in [9.17, 15) is 22.3 Å². The van der Waals surface area contributed by atoms with Crippen molar-refractivity contribution in [1.82, 2.24) is 19.7 Å². The van der Waals surface area contributed by atoms with E-state index in [4.69, 9.17) is 0 Å². The molecule has 0 bridgehead atoms. The molecule has 3 rings (SSSR count). The average molecular weight is 330 g/mol. The Balaban J connectivity index is 1.96. The summed E-state index contributed by atoms with van der Waals surface area (Å²) in [6, 6.07) is 2.82. The molecule has 1 aliphatic heterocycles. The molecule has 10 heteroatoms. The minimum absolute atomic E-state index is 0.0504. The highest BCUT2D eigenvalue weighted by Crippen LogP contribution is 2.34. The summed E-state index contributed by atoms with van der Waals surface area (Å²) in [5, 5.41) is 20.1. The maximum Gasteiger partial charge on any atom is 0.249 e. The molecule has 0 aliphatic carbocycles. The van der Waals surface area contributed by atoms with Gasteiger partial charge in [0.05, 0.1) is 6.20 Å². The Morgan fingerprint density at radius 3 is 2.59 bits per heavy atom.